The third-order valence-corrected chi connectivity index (χ3v) is 4.77. The van der Waals surface area contributed by atoms with Gasteiger partial charge >= 0.3 is 0 Å². The molecule has 0 aliphatic heterocycles. The minimum Gasteiger partial charge on any atom is -0.294 e. The molecule has 0 radical (unpaired) electrons. The van der Waals surface area contributed by atoms with Crippen LogP contribution in [0.25, 0.3) is 10.7 Å². The highest BCUT2D eigenvalue weighted by molar-refractivity contribution is 7.71. The molecule has 2 aromatic heterocycles. The largest absolute Gasteiger partial charge is 0.294 e. The minimum absolute atomic E-state index is 0.142. The number of nitrogens with zero attached hydrogens (tertiary/aromatic N) is 2. The summed E-state index contributed by atoms with van der Waals surface area (Å²) in [5, 5.41) is 9.43. The van der Waals surface area contributed by atoms with Gasteiger partial charge in [-0.3, -0.25) is 9.67 Å². The van der Waals surface area contributed by atoms with Crippen molar-refractivity contribution in [3.8, 4) is 10.7 Å². The van der Waals surface area contributed by atoms with Crippen molar-refractivity contribution < 1.29 is 0 Å². The molecule has 1 aliphatic carbocycles. The Kier molecular flexibility index (Phi) is 2.67. The second-order valence-electron chi connectivity index (χ2n) is 4.87. The van der Waals surface area contributed by atoms with E-state index >= 15 is 0 Å². The van der Waals surface area contributed by atoms with Crippen LogP contribution in [0, 0.1) is 4.77 Å². The Morgan fingerprint density at radius 2 is 2.24 bits per heavy atom. The fourth-order valence-corrected chi connectivity index (χ4v) is 3.78. The first-order valence-electron chi connectivity index (χ1n) is 5.92. The van der Waals surface area contributed by atoms with Gasteiger partial charge in [0.25, 0.3) is 0 Å². The van der Waals surface area contributed by atoms with Gasteiger partial charge in [0.15, 0.2) is 10.6 Å². The molecule has 5 heteroatoms. The fraction of sp³-hybridized carbons (Fsp3) is 0.500. The third kappa shape index (κ3) is 1.77. The molecular weight excluding hydrogens is 250 g/mol. The van der Waals surface area contributed by atoms with Gasteiger partial charge < -0.3 is 0 Å². The van der Waals surface area contributed by atoms with Crippen LogP contribution in [0.3, 0.4) is 0 Å². The predicted molar refractivity (Wildman–Crippen MR) is 72.8 cm³/mol. The number of thiophene rings is 1. The molecule has 0 amide bonds. The summed E-state index contributed by atoms with van der Waals surface area (Å²) in [6.07, 6.45) is 4.96. The monoisotopic (exact) mass is 265 g/mol. The SMILES string of the molecule is CC1(n2c(-c3cccs3)n[nH]c2=S)CCCC1. The van der Waals surface area contributed by atoms with Crippen LogP contribution in [0.4, 0.5) is 0 Å². The lowest BCUT2D eigenvalue weighted by Crippen LogP contribution is -2.27. The molecule has 0 unspecified atom stereocenters. The van der Waals surface area contributed by atoms with Crippen molar-refractivity contribution >= 4 is 23.6 Å². The van der Waals surface area contributed by atoms with Crippen molar-refractivity contribution in [1.29, 1.82) is 0 Å². The maximum atomic E-state index is 5.40. The molecule has 2 heterocycles. The van der Waals surface area contributed by atoms with E-state index in [0.29, 0.717) is 0 Å². The van der Waals surface area contributed by atoms with Crippen molar-refractivity contribution in [3.63, 3.8) is 0 Å². The quantitative estimate of drug-likeness (QED) is 0.834. The van der Waals surface area contributed by atoms with Gasteiger partial charge in [0.05, 0.1) is 4.88 Å². The molecule has 3 nitrogen and oxygen atoms in total. The number of rotatable bonds is 2. The van der Waals surface area contributed by atoms with Crippen LogP contribution in [0.2, 0.25) is 0 Å². The number of H-pyrrole nitrogens is 1. The lowest BCUT2D eigenvalue weighted by Gasteiger charge is -2.26. The van der Waals surface area contributed by atoms with Gasteiger partial charge in [-0.05, 0) is 43.4 Å². The van der Waals surface area contributed by atoms with Gasteiger partial charge in [0, 0.05) is 5.54 Å². The summed E-state index contributed by atoms with van der Waals surface area (Å²) in [6, 6.07) is 4.16. The summed E-state index contributed by atoms with van der Waals surface area (Å²) in [7, 11) is 0. The molecule has 0 aromatic carbocycles. The van der Waals surface area contributed by atoms with Crippen LogP contribution < -0.4 is 0 Å². The van der Waals surface area contributed by atoms with Crippen LogP contribution in [-0.2, 0) is 5.54 Å². The van der Waals surface area contributed by atoms with Gasteiger partial charge in [-0.2, -0.15) is 5.10 Å². The molecule has 3 rings (SSSR count). The van der Waals surface area contributed by atoms with Gasteiger partial charge in [-0.15, -0.1) is 11.3 Å². The first kappa shape index (κ1) is 11.2. The molecule has 0 atom stereocenters. The van der Waals surface area contributed by atoms with E-state index in [1.165, 1.54) is 30.6 Å². The van der Waals surface area contributed by atoms with E-state index in [-0.39, 0.29) is 5.54 Å². The van der Waals surface area contributed by atoms with Gasteiger partial charge in [0.2, 0.25) is 0 Å². The zero-order valence-electron chi connectivity index (χ0n) is 9.77. The van der Waals surface area contributed by atoms with E-state index in [1.54, 1.807) is 11.3 Å². The second-order valence-corrected chi connectivity index (χ2v) is 6.20. The van der Waals surface area contributed by atoms with Gasteiger partial charge in [-0.25, -0.2) is 0 Å². The summed E-state index contributed by atoms with van der Waals surface area (Å²) in [5.74, 6) is 0.995. The van der Waals surface area contributed by atoms with Crippen LogP contribution in [0.1, 0.15) is 32.6 Å². The Bertz CT molecular complexity index is 559. The summed E-state index contributed by atoms with van der Waals surface area (Å²) in [4.78, 5) is 1.19. The highest BCUT2D eigenvalue weighted by atomic mass is 32.1. The Hall–Kier alpha value is -0.940. The maximum Gasteiger partial charge on any atom is 0.195 e. The minimum atomic E-state index is 0.142. The lowest BCUT2D eigenvalue weighted by molar-refractivity contribution is 0.328. The molecule has 0 spiro atoms. The highest BCUT2D eigenvalue weighted by Crippen LogP contribution is 2.39. The predicted octanol–water partition coefficient (Wildman–Crippen LogP) is 3.96. The summed E-state index contributed by atoms with van der Waals surface area (Å²) in [6.45, 7) is 2.29. The fourth-order valence-electron chi connectivity index (χ4n) is 2.73. The van der Waals surface area contributed by atoms with Crippen LogP contribution in [-0.4, -0.2) is 14.8 Å². The number of hydrogen-bond donors (Lipinski definition) is 1. The second kappa shape index (κ2) is 4.07. The lowest BCUT2D eigenvalue weighted by atomic mass is 10.0. The average Bonchev–Trinajstić information content (AvgIpc) is 2.97. The van der Waals surface area contributed by atoms with Gasteiger partial charge in [-0.1, -0.05) is 18.9 Å². The zero-order chi connectivity index (χ0) is 11.9. The topological polar surface area (TPSA) is 33.6 Å². The van der Waals surface area contributed by atoms with E-state index in [9.17, 15) is 0 Å². The summed E-state index contributed by atoms with van der Waals surface area (Å²) < 4.78 is 2.97. The summed E-state index contributed by atoms with van der Waals surface area (Å²) in [5.41, 5.74) is 0.142. The maximum absolute atomic E-state index is 5.40. The Morgan fingerprint density at radius 1 is 1.47 bits per heavy atom. The normalized spacial score (nSPS) is 18.6. The molecule has 1 N–H and O–H groups in total. The van der Waals surface area contributed by atoms with Crippen molar-refractivity contribution in [3.05, 3.63) is 22.3 Å². The Morgan fingerprint density at radius 3 is 2.88 bits per heavy atom. The van der Waals surface area contributed by atoms with Crippen molar-refractivity contribution in [2.75, 3.05) is 0 Å². The van der Waals surface area contributed by atoms with E-state index < -0.39 is 0 Å². The molecule has 17 heavy (non-hydrogen) atoms. The van der Waals surface area contributed by atoms with Crippen molar-refractivity contribution in [2.45, 2.75) is 38.1 Å². The third-order valence-electron chi connectivity index (χ3n) is 3.63. The first-order chi connectivity index (χ1) is 8.21. The zero-order valence-corrected chi connectivity index (χ0v) is 11.4. The average molecular weight is 265 g/mol. The van der Waals surface area contributed by atoms with Crippen LogP contribution in [0.15, 0.2) is 17.5 Å². The molecular formula is C12H15N3S2. The first-order valence-corrected chi connectivity index (χ1v) is 7.21. The Balaban J connectivity index is 2.16. The highest BCUT2D eigenvalue weighted by Gasteiger charge is 2.33. The number of aromatic nitrogens is 3. The van der Waals surface area contributed by atoms with Gasteiger partial charge in [0.1, 0.15) is 0 Å². The van der Waals surface area contributed by atoms with E-state index in [1.807, 2.05) is 0 Å². The summed E-state index contributed by atoms with van der Waals surface area (Å²) >= 11 is 7.12. The molecule has 1 aliphatic rings. The smallest absolute Gasteiger partial charge is 0.195 e. The van der Waals surface area contributed by atoms with Crippen molar-refractivity contribution in [2.24, 2.45) is 0 Å². The number of hydrogen-bond acceptors (Lipinski definition) is 3. The van der Waals surface area contributed by atoms with E-state index in [4.69, 9.17) is 12.2 Å². The van der Waals surface area contributed by atoms with Crippen LogP contribution in [0.5, 0.6) is 0 Å². The van der Waals surface area contributed by atoms with E-state index in [2.05, 4.69) is 39.2 Å². The molecule has 0 bridgehead atoms. The molecule has 1 fully saturated rings. The van der Waals surface area contributed by atoms with E-state index in [0.717, 1.165) is 10.6 Å². The Labute approximate surface area is 109 Å². The number of nitrogens with one attached hydrogen (secondary N) is 1. The molecule has 0 saturated heterocycles. The molecule has 2 aromatic rings. The standard InChI is InChI=1S/C12H15N3S2/c1-12(6-2-3-7-12)15-10(13-14-11(15)16)9-5-4-8-17-9/h4-5,8H,2-3,6-7H2,1H3,(H,14,16). The molecule has 90 valence electrons. The van der Waals surface area contributed by atoms with Crippen LogP contribution >= 0.6 is 23.6 Å². The number of aromatic amines is 1. The molecule has 1 saturated carbocycles. The van der Waals surface area contributed by atoms with Crippen molar-refractivity contribution in [1.82, 2.24) is 14.8 Å².